The van der Waals surface area contributed by atoms with Crippen molar-refractivity contribution in [2.75, 3.05) is 19.0 Å². The predicted octanol–water partition coefficient (Wildman–Crippen LogP) is 2.86. The van der Waals surface area contributed by atoms with Crippen molar-refractivity contribution in [1.29, 1.82) is 0 Å². The molecule has 2 rings (SSSR count). The van der Waals surface area contributed by atoms with Gasteiger partial charge in [0.05, 0.1) is 11.5 Å². The van der Waals surface area contributed by atoms with Crippen molar-refractivity contribution in [1.82, 2.24) is 4.31 Å². The fourth-order valence-electron chi connectivity index (χ4n) is 2.34. The lowest BCUT2D eigenvalue weighted by atomic mass is 10.2. The minimum atomic E-state index is -3.63. The Balaban J connectivity index is 2.15. The van der Waals surface area contributed by atoms with E-state index in [4.69, 9.17) is 4.74 Å². The zero-order chi connectivity index (χ0) is 18.4. The number of anilines is 1. The van der Waals surface area contributed by atoms with E-state index < -0.39 is 10.0 Å². The van der Waals surface area contributed by atoms with Gasteiger partial charge in [-0.3, -0.25) is 4.79 Å². The molecule has 1 N–H and O–H groups in total. The molecule has 25 heavy (non-hydrogen) atoms. The van der Waals surface area contributed by atoms with E-state index in [-0.39, 0.29) is 17.3 Å². The summed E-state index contributed by atoms with van der Waals surface area (Å²) in [6.45, 7) is 4.08. The van der Waals surface area contributed by atoms with Gasteiger partial charge >= 0.3 is 0 Å². The van der Waals surface area contributed by atoms with Crippen molar-refractivity contribution >= 4 is 21.6 Å². The van der Waals surface area contributed by atoms with Gasteiger partial charge in [-0.2, -0.15) is 4.31 Å². The number of sulfonamides is 1. The summed E-state index contributed by atoms with van der Waals surface area (Å²) in [6.07, 6.45) is 0. The number of nitrogens with zero attached hydrogens (tertiary/aromatic N) is 1. The second kappa shape index (κ2) is 8.13. The molecule has 0 aromatic heterocycles. The maximum atomic E-state index is 12.7. The molecule has 0 radical (unpaired) electrons. The average Bonchev–Trinajstić information content (AvgIpc) is 2.55. The SMILES string of the molecule is CCOc1cccc(CN(C)S(=O)(=O)c2ccc(NC(C)=O)cc2)c1. The molecule has 0 aliphatic heterocycles. The molecule has 0 spiro atoms. The summed E-state index contributed by atoms with van der Waals surface area (Å²) in [6, 6.07) is 13.5. The number of amides is 1. The number of benzene rings is 2. The maximum Gasteiger partial charge on any atom is 0.243 e. The van der Waals surface area contributed by atoms with E-state index in [0.717, 1.165) is 5.56 Å². The van der Waals surface area contributed by atoms with Crippen LogP contribution in [-0.4, -0.2) is 32.3 Å². The smallest absolute Gasteiger partial charge is 0.243 e. The van der Waals surface area contributed by atoms with Crippen LogP contribution in [0.5, 0.6) is 5.75 Å². The lowest BCUT2D eigenvalue weighted by Crippen LogP contribution is -2.26. The Labute approximate surface area is 148 Å². The van der Waals surface area contributed by atoms with Crippen LogP contribution in [-0.2, 0) is 21.4 Å². The van der Waals surface area contributed by atoms with Gasteiger partial charge in [-0.15, -0.1) is 0 Å². The van der Waals surface area contributed by atoms with E-state index in [1.54, 1.807) is 12.1 Å². The Kier molecular flexibility index (Phi) is 6.17. The molecule has 1 amide bonds. The number of carbonyl (C=O) groups is 1. The van der Waals surface area contributed by atoms with E-state index in [2.05, 4.69) is 5.32 Å². The number of carbonyl (C=O) groups excluding carboxylic acids is 1. The van der Waals surface area contributed by atoms with Gasteiger partial charge in [0.2, 0.25) is 15.9 Å². The van der Waals surface area contributed by atoms with Crippen LogP contribution in [0.1, 0.15) is 19.4 Å². The Bertz CT molecular complexity index is 832. The largest absolute Gasteiger partial charge is 0.494 e. The third kappa shape index (κ3) is 5.04. The molecule has 0 saturated carbocycles. The normalized spacial score (nSPS) is 11.4. The highest BCUT2D eigenvalue weighted by Gasteiger charge is 2.21. The fraction of sp³-hybridized carbons (Fsp3) is 0.278. The number of hydrogen-bond donors (Lipinski definition) is 1. The number of rotatable bonds is 7. The Morgan fingerprint density at radius 3 is 2.44 bits per heavy atom. The van der Waals surface area contributed by atoms with Crippen molar-refractivity contribution in [3.05, 3.63) is 54.1 Å². The molecule has 0 fully saturated rings. The van der Waals surface area contributed by atoms with Crippen LogP contribution in [0, 0.1) is 0 Å². The number of nitrogens with one attached hydrogen (secondary N) is 1. The monoisotopic (exact) mass is 362 g/mol. The molecule has 0 unspecified atom stereocenters. The topological polar surface area (TPSA) is 75.7 Å². The van der Waals surface area contributed by atoms with Gasteiger partial charge in [0.15, 0.2) is 0 Å². The molecular formula is C18H22N2O4S. The van der Waals surface area contributed by atoms with E-state index in [1.165, 1.54) is 30.4 Å². The van der Waals surface area contributed by atoms with Crippen molar-refractivity contribution < 1.29 is 17.9 Å². The van der Waals surface area contributed by atoms with E-state index in [9.17, 15) is 13.2 Å². The molecule has 0 atom stereocenters. The van der Waals surface area contributed by atoms with Gasteiger partial charge in [0.1, 0.15) is 5.75 Å². The van der Waals surface area contributed by atoms with E-state index in [0.29, 0.717) is 18.0 Å². The molecule has 2 aromatic carbocycles. The van der Waals surface area contributed by atoms with Crippen LogP contribution in [0.4, 0.5) is 5.69 Å². The molecule has 134 valence electrons. The Hall–Kier alpha value is -2.38. The highest BCUT2D eigenvalue weighted by molar-refractivity contribution is 7.89. The minimum Gasteiger partial charge on any atom is -0.494 e. The second-order valence-electron chi connectivity index (χ2n) is 5.55. The first-order valence-electron chi connectivity index (χ1n) is 7.88. The Morgan fingerprint density at radius 1 is 1.16 bits per heavy atom. The number of ether oxygens (including phenoxy) is 1. The summed E-state index contributed by atoms with van der Waals surface area (Å²) < 4.78 is 32.1. The van der Waals surface area contributed by atoms with Crippen molar-refractivity contribution in [2.24, 2.45) is 0 Å². The standard InChI is InChI=1S/C18H22N2O4S/c1-4-24-17-7-5-6-15(12-17)13-20(3)25(22,23)18-10-8-16(9-11-18)19-14(2)21/h5-12H,4,13H2,1-3H3,(H,19,21). The third-order valence-corrected chi connectivity index (χ3v) is 5.32. The lowest BCUT2D eigenvalue weighted by Gasteiger charge is -2.18. The van der Waals surface area contributed by atoms with Crippen molar-refractivity contribution in [3.8, 4) is 5.75 Å². The molecule has 6 nitrogen and oxygen atoms in total. The van der Waals surface area contributed by atoms with Crippen LogP contribution in [0.15, 0.2) is 53.4 Å². The van der Waals surface area contributed by atoms with Gasteiger partial charge in [0, 0.05) is 26.2 Å². The van der Waals surface area contributed by atoms with Gasteiger partial charge < -0.3 is 10.1 Å². The fourth-order valence-corrected chi connectivity index (χ4v) is 3.49. The minimum absolute atomic E-state index is 0.171. The zero-order valence-corrected chi connectivity index (χ0v) is 15.3. The first kappa shape index (κ1) is 19.0. The highest BCUT2D eigenvalue weighted by Crippen LogP contribution is 2.21. The highest BCUT2D eigenvalue weighted by atomic mass is 32.2. The van der Waals surface area contributed by atoms with Crippen LogP contribution in [0.25, 0.3) is 0 Å². The summed E-state index contributed by atoms with van der Waals surface area (Å²) >= 11 is 0. The van der Waals surface area contributed by atoms with Crippen molar-refractivity contribution in [3.63, 3.8) is 0 Å². The predicted molar refractivity (Wildman–Crippen MR) is 97.0 cm³/mol. The average molecular weight is 362 g/mol. The summed E-state index contributed by atoms with van der Waals surface area (Å²) in [5.74, 6) is 0.507. The summed E-state index contributed by atoms with van der Waals surface area (Å²) in [5, 5.41) is 2.61. The van der Waals surface area contributed by atoms with Crippen molar-refractivity contribution in [2.45, 2.75) is 25.3 Å². The third-order valence-electron chi connectivity index (χ3n) is 3.50. The quantitative estimate of drug-likeness (QED) is 0.822. The van der Waals surface area contributed by atoms with Crippen LogP contribution in [0.2, 0.25) is 0 Å². The van der Waals surface area contributed by atoms with Crippen LogP contribution < -0.4 is 10.1 Å². The molecule has 0 heterocycles. The summed E-state index contributed by atoms with van der Waals surface area (Å²) in [5.41, 5.74) is 1.39. The van der Waals surface area contributed by atoms with Gasteiger partial charge in [-0.1, -0.05) is 12.1 Å². The van der Waals surface area contributed by atoms with Gasteiger partial charge in [-0.05, 0) is 48.9 Å². The maximum absolute atomic E-state index is 12.7. The summed E-state index contributed by atoms with van der Waals surface area (Å²) in [4.78, 5) is 11.2. The van der Waals surface area contributed by atoms with E-state index in [1.807, 2.05) is 31.2 Å². The Morgan fingerprint density at radius 2 is 1.84 bits per heavy atom. The van der Waals surface area contributed by atoms with Gasteiger partial charge in [0.25, 0.3) is 0 Å². The molecule has 0 aliphatic carbocycles. The molecule has 7 heteroatoms. The first-order valence-corrected chi connectivity index (χ1v) is 9.32. The first-order chi connectivity index (χ1) is 11.8. The molecule has 2 aromatic rings. The molecule has 0 saturated heterocycles. The zero-order valence-electron chi connectivity index (χ0n) is 14.5. The van der Waals surface area contributed by atoms with Gasteiger partial charge in [-0.25, -0.2) is 8.42 Å². The van der Waals surface area contributed by atoms with Crippen LogP contribution >= 0.6 is 0 Å². The van der Waals surface area contributed by atoms with E-state index >= 15 is 0 Å². The molecular weight excluding hydrogens is 340 g/mol. The molecule has 0 bridgehead atoms. The van der Waals surface area contributed by atoms with Crippen LogP contribution in [0.3, 0.4) is 0 Å². The lowest BCUT2D eigenvalue weighted by molar-refractivity contribution is -0.114. The number of hydrogen-bond acceptors (Lipinski definition) is 4. The second-order valence-corrected chi connectivity index (χ2v) is 7.59. The molecule has 0 aliphatic rings. The summed E-state index contributed by atoms with van der Waals surface area (Å²) in [7, 11) is -2.10.